The first-order chi connectivity index (χ1) is 26.4. The van der Waals surface area contributed by atoms with Crippen LogP contribution in [-0.2, 0) is 15.6 Å². The van der Waals surface area contributed by atoms with Crippen LogP contribution in [0, 0.1) is 0 Å². The number of fused-ring (bicyclic) bond motifs is 3. The Morgan fingerprint density at radius 3 is 1.49 bits per heavy atom. The van der Waals surface area contributed by atoms with Crippen LogP contribution in [0.25, 0.3) is 27.5 Å². The molecular formula is C47H54NO6P. The monoisotopic (exact) mass is 759 g/mol. The van der Waals surface area contributed by atoms with Crippen LogP contribution < -0.4 is 39.6 Å². The second kappa shape index (κ2) is 15.4. The lowest BCUT2D eigenvalue weighted by molar-refractivity contribution is -0.105. The molecule has 1 aliphatic heterocycles. The van der Waals surface area contributed by atoms with Crippen LogP contribution in [0.3, 0.4) is 0 Å². The van der Waals surface area contributed by atoms with Gasteiger partial charge in [-0.25, -0.2) is 0 Å². The molecule has 2 heterocycles. The van der Waals surface area contributed by atoms with Gasteiger partial charge in [-0.2, -0.15) is 0 Å². The Morgan fingerprint density at radius 2 is 1.07 bits per heavy atom. The summed E-state index contributed by atoms with van der Waals surface area (Å²) in [5.41, 5.74) is 5.67. The van der Waals surface area contributed by atoms with Gasteiger partial charge >= 0.3 is 0 Å². The summed E-state index contributed by atoms with van der Waals surface area (Å²) in [6, 6.07) is 32.1. The van der Waals surface area contributed by atoms with Crippen molar-refractivity contribution >= 4 is 45.6 Å². The molecule has 0 spiro atoms. The van der Waals surface area contributed by atoms with Gasteiger partial charge in [0.05, 0.1) is 62.4 Å². The molecule has 6 aromatic rings. The van der Waals surface area contributed by atoms with Crippen LogP contribution in [-0.4, -0.2) is 45.9 Å². The van der Waals surface area contributed by atoms with Gasteiger partial charge in [-0.05, 0) is 95.5 Å². The van der Waals surface area contributed by atoms with E-state index < -0.39 is 14.2 Å². The molecule has 1 saturated heterocycles. The van der Waals surface area contributed by atoms with Crippen molar-refractivity contribution in [3.05, 3.63) is 102 Å². The predicted molar refractivity (Wildman–Crippen MR) is 227 cm³/mol. The van der Waals surface area contributed by atoms with Gasteiger partial charge in [0.15, 0.2) is 12.0 Å². The van der Waals surface area contributed by atoms with Crippen molar-refractivity contribution in [1.29, 1.82) is 0 Å². The number of ether oxygens (including phenoxy) is 6. The number of hydrogen-bond donors (Lipinski definition) is 0. The van der Waals surface area contributed by atoms with E-state index in [1.165, 1.54) is 21.9 Å². The summed E-state index contributed by atoms with van der Waals surface area (Å²) in [6.45, 7) is 14.3. The van der Waals surface area contributed by atoms with Crippen LogP contribution in [0.1, 0.15) is 71.9 Å². The Morgan fingerprint density at radius 1 is 0.600 bits per heavy atom. The van der Waals surface area contributed by atoms with Gasteiger partial charge in [-0.1, -0.05) is 71.9 Å². The van der Waals surface area contributed by atoms with Crippen molar-refractivity contribution in [2.45, 2.75) is 77.9 Å². The molecule has 8 heteroatoms. The van der Waals surface area contributed by atoms with Gasteiger partial charge in [0, 0.05) is 30.4 Å². The number of nitrogens with zero attached hydrogens (tertiary/aromatic N) is 1. The first-order valence-corrected chi connectivity index (χ1v) is 20.5. The first kappa shape index (κ1) is 38.6. The highest BCUT2D eigenvalue weighted by Crippen LogP contribution is 2.49. The number of para-hydroxylation sites is 1. The van der Waals surface area contributed by atoms with E-state index >= 15 is 0 Å². The average Bonchev–Trinajstić information content (AvgIpc) is 3.51. The molecule has 0 saturated carbocycles. The van der Waals surface area contributed by atoms with E-state index in [1.807, 2.05) is 36.4 Å². The minimum Gasteiger partial charge on any atom is -0.496 e. The highest BCUT2D eigenvalue weighted by molar-refractivity contribution is 7.80. The zero-order valence-electron chi connectivity index (χ0n) is 33.9. The molecule has 7 nitrogen and oxygen atoms in total. The van der Waals surface area contributed by atoms with Crippen molar-refractivity contribution in [1.82, 2.24) is 4.57 Å². The summed E-state index contributed by atoms with van der Waals surface area (Å²) >= 11 is 0. The molecule has 1 aromatic heterocycles. The molecule has 55 heavy (non-hydrogen) atoms. The molecule has 0 radical (unpaired) electrons. The van der Waals surface area contributed by atoms with Gasteiger partial charge in [-0.3, -0.25) is 0 Å². The molecule has 7 rings (SSSR count). The third-order valence-corrected chi connectivity index (χ3v) is 13.2. The normalized spacial score (nSPS) is 15.1. The molecule has 1 aliphatic rings. The van der Waals surface area contributed by atoms with Crippen molar-refractivity contribution < 1.29 is 28.4 Å². The number of aromatic nitrogens is 1. The lowest BCUT2D eigenvalue weighted by Gasteiger charge is -2.31. The lowest BCUT2D eigenvalue weighted by Crippen LogP contribution is -2.31. The average molecular weight is 760 g/mol. The van der Waals surface area contributed by atoms with E-state index in [0.717, 1.165) is 57.6 Å². The third kappa shape index (κ3) is 7.25. The number of rotatable bonds is 10. The number of methoxy groups -OCH3 is 4. The maximum atomic E-state index is 7.22. The summed E-state index contributed by atoms with van der Waals surface area (Å²) in [6.07, 6.45) is 2.41. The minimum absolute atomic E-state index is 0.0197. The summed E-state index contributed by atoms with van der Waals surface area (Å²) in [7, 11) is 5.28. The summed E-state index contributed by atoms with van der Waals surface area (Å²) in [4.78, 5) is 0. The van der Waals surface area contributed by atoms with Crippen LogP contribution in [0.5, 0.6) is 28.7 Å². The van der Waals surface area contributed by atoms with Gasteiger partial charge in [0.2, 0.25) is 0 Å². The Balaban J connectivity index is 1.62. The van der Waals surface area contributed by atoms with Crippen LogP contribution in [0.2, 0.25) is 0 Å². The van der Waals surface area contributed by atoms with Crippen LogP contribution >= 0.6 is 7.92 Å². The molecular weight excluding hydrogens is 705 g/mol. The molecule has 0 N–H and O–H groups in total. The highest BCUT2D eigenvalue weighted by atomic mass is 31.1. The Labute approximate surface area is 327 Å². The predicted octanol–water partition coefficient (Wildman–Crippen LogP) is 10.1. The first-order valence-electron chi connectivity index (χ1n) is 19.1. The number of benzene rings is 5. The van der Waals surface area contributed by atoms with E-state index in [4.69, 9.17) is 28.4 Å². The third-order valence-electron chi connectivity index (χ3n) is 10.6. The fourth-order valence-electron chi connectivity index (χ4n) is 7.59. The molecule has 0 bridgehead atoms. The van der Waals surface area contributed by atoms with E-state index in [1.54, 1.807) is 28.4 Å². The smallest absolute Gasteiger partial charge is 0.199 e. The summed E-state index contributed by atoms with van der Waals surface area (Å²) in [5.74, 6) is 3.53. The number of hydrogen-bond acceptors (Lipinski definition) is 6. The van der Waals surface area contributed by atoms with Gasteiger partial charge in [0.1, 0.15) is 23.0 Å². The molecule has 1 fully saturated rings. The largest absolute Gasteiger partial charge is 0.496 e. The molecule has 0 amide bonds. The molecule has 5 aromatic carbocycles. The Kier molecular flexibility index (Phi) is 10.8. The lowest BCUT2D eigenvalue weighted by atomic mass is 9.85. The molecule has 0 aliphatic carbocycles. The quantitative estimate of drug-likeness (QED) is 0.130. The maximum absolute atomic E-state index is 7.22. The summed E-state index contributed by atoms with van der Waals surface area (Å²) in [5, 5.41) is 5.16. The van der Waals surface area contributed by atoms with Crippen molar-refractivity contribution in [3.63, 3.8) is 0 Å². The molecule has 1 atom stereocenters. The fraction of sp³-hybridized carbons (Fsp3) is 0.362. The standard InChI is InChI=1S/C47H54NO6P/c1-46(2,3)30-23-25-34-32(28-30)33-29-31(47(4,5)6)24-26-35(33)48(34)36-16-13-21-41(43(36)54-42-22-11-12-27-53-42)55(44-37(49-7)17-14-18-38(44)50-8)45-39(51-9)19-15-20-40(45)52-10/h13-21,23-26,28-29,42H,11-12,22,27H2,1-10H3. The van der Waals surface area contributed by atoms with Crippen molar-refractivity contribution in [3.8, 4) is 34.4 Å². The summed E-state index contributed by atoms with van der Waals surface area (Å²) < 4.78 is 40.4. The van der Waals surface area contributed by atoms with E-state index in [2.05, 4.69) is 101 Å². The second-order valence-corrected chi connectivity index (χ2v) is 18.2. The van der Waals surface area contributed by atoms with Crippen molar-refractivity contribution in [2.24, 2.45) is 0 Å². The second-order valence-electron chi connectivity index (χ2n) is 16.2. The van der Waals surface area contributed by atoms with Crippen LogP contribution in [0.4, 0.5) is 0 Å². The zero-order valence-corrected chi connectivity index (χ0v) is 34.8. The maximum Gasteiger partial charge on any atom is 0.199 e. The Bertz CT molecular complexity index is 2150. The topological polar surface area (TPSA) is 60.3 Å². The highest BCUT2D eigenvalue weighted by Gasteiger charge is 2.35. The van der Waals surface area contributed by atoms with E-state index in [-0.39, 0.29) is 10.8 Å². The van der Waals surface area contributed by atoms with Gasteiger partial charge in [-0.15, -0.1) is 0 Å². The Hall–Kier alpha value is -4.71. The molecule has 1 unspecified atom stereocenters. The van der Waals surface area contributed by atoms with Gasteiger partial charge in [0.25, 0.3) is 0 Å². The zero-order chi connectivity index (χ0) is 39.1. The van der Waals surface area contributed by atoms with E-state index in [0.29, 0.717) is 29.6 Å². The van der Waals surface area contributed by atoms with E-state index in [9.17, 15) is 0 Å². The fourth-order valence-corrected chi connectivity index (χ4v) is 10.4. The van der Waals surface area contributed by atoms with Gasteiger partial charge < -0.3 is 33.0 Å². The van der Waals surface area contributed by atoms with Crippen LogP contribution in [0.15, 0.2) is 91.0 Å². The van der Waals surface area contributed by atoms with Crippen molar-refractivity contribution in [2.75, 3.05) is 35.0 Å². The minimum atomic E-state index is -1.51. The SMILES string of the molecule is COc1cccc(OC)c1P(c1cccc(-n2c3ccc(C(C)(C)C)cc3c3cc(C(C)(C)C)ccc32)c1OC1CCCCO1)c1c(OC)cccc1OC. The molecule has 288 valence electrons.